The first-order valence-electron chi connectivity index (χ1n) is 11.2. The summed E-state index contributed by atoms with van der Waals surface area (Å²) < 4.78 is 12.8. The quantitative estimate of drug-likeness (QED) is 0.395. The average molecular weight is 448 g/mol. The van der Waals surface area contributed by atoms with Crippen LogP contribution in [0.5, 0.6) is 5.75 Å². The summed E-state index contributed by atoms with van der Waals surface area (Å²) in [5, 5.41) is 0. The number of benzene rings is 2. The summed E-state index contributed by atoms with van der Waals surface area (Å²) in [6.07, 6.45) is 7.58. The first-order chi connectivity index (χ1) is 16.2. The Kier molecular flexibility index (Phi) is 7.55. The van der Waals surface area contributed by atoms with E-state index in [4.69, 9.17) is 14.3 Å². The van der Waals surface area contributed by atoms with Gasteiger partial charge in [0, 0.05) is 36.8 Å². The third-order valence-corrected chi connectivity index (χ3v) is 5.58. The second kappa shape index (κ2) is 10.9. The van der Waals surface area contributed by atoms with Crippen LogP contribution in [0.1, 0.15) is 31.7 Å². The van der Waals surface area contributed by atoms with Crippen LogP contribution in [-0.4, -0.2) is 35.5 Å². The highest BCUT2D eigenvalue weighted by Crippen LogP contribution is 2.32. The molecule has 0 bridgehead atoms. The van der Waals surface area contributed by atoms with E-state index in [0.717, 1.165) is 59.6 Å². The summed E-state index contributed by atoms with van der Waals surface area (Å²) >= 11 is 0. The number of aryl methyl sites for hydroxylation is 1. The molecule has 33 heavy (non-hydrogen) atoms. The fourth-order valence-corrected chi connectivity index (χ4v) is 3.77. The van der Waals surface area contributed by atoms with Crippen molar-refractivity contribution in [3.63, 3.8) is 0 Å². The van der Waals surface area contributed by atoms with Crippen molar-refractivity contribution in [1.29, 1.82) is 0 Å². The number of hydroxylamine groups is 1. The molecule has 1 aromatic heterocycles. The number of aromatic nitrogens is 2. The van der Waals surface area contributed by atoms with Crippen molar-refractivity contribution in [2.24, 2.45) is 0 Å². The maximum Gasteiger partial charge on any atom is 0.267 e. The lowest BCUT2D eigenvalue weighted by Gasteiger charge is -2.21. The Balaban J connectivity index is 1.46. The highest BCUT2D eigenvalue weighted by Gasteiger charge is 2.16. The fraction of sp³-hybridized carbons (Fsp3) is 0.308. The van der Waals surface area contributed by atoms with Crippen LogP contribution in [0, 0.1) is 0 Å². The van der Waals surface area contributed by atoms with Crippen LogP contribution in [0.25, 0.3) is 28.6 Å². The van der Waals surface area contributed by atoms with E-state index in [0.29, 0.717) is 6.61 Å². The number of ether oxygens (including phenoxy) is 2. The monoisotopic (exact) mass is 447 g/mol. The number of amides is 1. The van der Waals surface area contributed by atoms with Crippen LogP contribution in [0.15, 0.2) is 60.9 Å². The van der Waals surface area contributed by atoms with Crippen LogP contribution >= 0.6 is 0 Å². The Labute approximate surface area is 194 Å². The Morgan fingerprint density at radius 3 is 2.58 bits per heavy atom. The van der Waals surface area contributed by atoms with Gasteiger partial charge in [0.15, 0.2) is 6.29 Å². The van der Waals surface area contributed by atoms with Crippen molar-refractivity contribution >= 4 is 12.0 Å². The predicted molar refractivity (Wildman–Crippen MR) is 127 cm³/mol. The van der Waals surface area contributed by atoms with Crippen LogP contribution in [-0.2, 0) is 20.9 Å². The molecule has 0 radical (unpaired) electrons. The first-order valence-corrected chi connectivity index (χ1v) is 11.2. The van der Waals surface area contributed by atoms with Crippen molar-refractivity contribution in [1.82, 2.24) is 15.0 Å². The van der Waals surface area contributed by atoms with E-state index in [1.165, 1.54) is 6.08 Å². The van der Waals surface area contributed by atoms with E-state index in [9.17, 15) is 4.79 Å². The fourth-order valence-electron chi connectivity index (χ4n) is 3.77. The Bertz CT molecular complexity index is 1080. The maximum absolute atomic E-state index is 12.0. The number of hydrogen-bond donors (Lipinski definition) is 1. The standard InChI is InChI=1S/C26H29N3O4/c1-3-29-18-27-25(20-12-14-22(31-2)15-13-20)26(29)21-10-7-19(8-11-21)9-16-23(30)28-33-24-6-4-5-17-32-24/h7-16,18,24H,3-6,17H2,1-2H3,(H,28,30). The van der Waals surface area contributed by atoms with Gasteiger partial charge in [0.05, 0.1) is 24.8 Å². The van der Waals surface area contributed by atoms with Crippen molar-refractivity contribution in [3.05, 3.63) is 66.5 Å². The molecule has 3 aromatic rings. The molecule has 1 N–H and O–H groups in total. The molecular formula is C26H29N3O4. The average Bonchev–Trinajstić information content (AvgIpc) is 3.31. The summed E-state index contributed by atoms with van der Waals surface area (Å²) in [4.78, 5) is 22.0. The number of imidazole rings is 1. The Hall–Kier alpha value is -3.42. The second-order valence-electron chi connectivity index (χ2n) is 7.79. The molecule has 2 heterocycles. The molecule has 1 fully saturated rings. The topological polar surface area (TPSA) is 74.6 Å². The van der Waals surface area contributed by atoms with Gasteiger partial charge in [-0.25, -0.2) is 15.3 Å². The molecular weight excluding hydrogens is 418 g/mol. The van der Waals surface area contributed by atoms with Gasteiger partial charge in [-0.2, -0.15) is 0 Å². The van der Waals surface area contributed by atoms with E-state index in [1.807, 2.05) is 54.9 Å². The van der Waals surface area contributed by atoms with Gasteiger partial charge in [-0.3, -0.25) is 4.79 Å². The van der Waals surface area contributed by atoms with Crippen LogP contribution < -0.4 is 10.2 Å². The molecule has 1 saturated heterocycles. The molecule has 7 nitrogen and oxygen atoms in total. The molecule has 1 unspecified atom stereocenters. The summed E-state index contributed by atoms with van der Waals surface area (Å²) in [5.41, 5.74) is 7.40. The van der Waals surface area contributed by atoms with Gasteiger partial charge in [0.1, 0.15) is 5.75 Å². The van der Waals surface area contributed by atoms with Crippen LogP contribution in [0.3, 0.4) is 0 Å². The summed E-state index contributed by atoms with van der Waals surface area (Å²) in [6, 6.07) is 16.0. The van der Waals surface area contributed by atoms with Crippen molar-refractivity contribution < 1.29 is 19.1 Å². The Morgan fingerprint density at radius 2 is 1.91 bits per heavy atom. The zero-order valence-corrected chi connectivity index (χ0v) is 19.0. The minimum absolute atomic E-state index is 0.320. The molecule has 1 atom stereocenters. The first kappa shape index (κ1) is 22.8. The molecule has 1 aliphatic heterocycles. The molecule has 0 aliphatic carbocycles. The molecule has 1 aliphatic rings. The number of hydrogen-bond acceptors (Lipinski definition) is 5. The minimum atomic E-state index is -0.362. The third-order valence-electron chi connectivity index (χ3n) is 5.58. The number of nitrogens with zero attached hydrogens (tertiary/aromatic N) is 2. The lowest BCUT2D eigenvalue weighted by Crippen LogP contribution is -2.32. The number of methoxy groups -OCH3 is 1. The lowest BCUT2D eigenvalue weighted by molar-refractivity contribution is -0.198. The number of carbonyl (C=O) groups excluding carboxylic acids is 1. The Morgan fingerprint density at radius 1 is 1.15 bits per heavy atom. The van der Waals surface area contributed by atoms with Crippen LogP contribution in [0.4, 0.5) is 0 Å². The largest absolute Gasteiger partial charge is 0.497 e. The second-order valence-corrected chi connectivity index (χ2v) is 7.79. The van der Waals surface area contributed by atoms with E-state index >= 15 is 0 Å². The minimum Gasteiger partial charge on any atom is -0.497 e. The van der Waals surface area contributed by atoms with Gasteiger partial charge >= 0.3 is 0 Å². The van der Waals surface area contributed by atoms with Crippen molar-refractivity contribution in [2.75, 3.05) is 13.7 Å². The molecule has 7 heteroatoms. The molecule has 0 spiro atoms. The van der Waals surface area contributed by atoms with Gasteiger partial charge in [-0.05, 0) is 55.7 Å². The summed E-state index contributed by atoms with van der Waals surface area (Å²) in [5.74, 6) is 0.492. The van der Waals surface area contributed by atoms with Gasteiger partial charge in [0.2, 0.25) is 0 Å². The summed E-state index contributed by atoms with van der Waals surface area (Å²) in [6.45, 7) is 3.57. The van der Waals surface area contributed by atoms with E-state index < -0.39 is 0 Å². The SMILES string of the molecule is CCn1cnc(-c2ccc(OC)cc2)c1-c1ccc(C=CC(=O)NOC2CCCCO2)cc1. The number of nitrogens with one attached hydrogen (secondary N) is 1. The van der Waals surface area contributed by atoms with Gasteiger partial charge in [0.25, 0.3) is 5.91 Å². The zero-order valence-electron chi connectivity index (χ0n) is 19.0. The normalized spacial score (nSPS) is 16.1. The van der Waals surface area contributed by atoms with Crippen molar-refractivity contribution in [2.45, 2.75) is 39.0 Å². The van der Waals surface area contributed by atoms with Gasteiger partial charge in [-0.15, -0.1) is 0 Å². The smallest absolute Gasteiger partial charge is 0.267 e. The highest BCUT2D eigenvalue weighted by atomic mass is 16.8. The number of carbonyl (C=O) groups is 1. The molecule has 0 saturated carbocycles. The highest BCUT2D eigenvalue weighted by molar-refractivity contribution is 5.91. The molecule has 172 valence electrons. The predicted octanol–water partition coefficient (Wildman–Crippen LogP) is 4.83. The van der Waals surface area contributed by atoms with E-state index in [2.05, 4.69) is 22.0 Å². The zero-order chi connectivity index (χ0) is 23.0. The van der Waals surface area contributed by atoms with E-state index in [1.54, 1.807) is 13.2 Å². The third kappa shape index (κ3) is 5.69. The van der Waals surface area contributed by atoms with Crippen molar-refractivity contribution in [3.8, 4) is 28.3 Å². The molecule has 2 aromatic carbocycles. The molecule has 4 rings (SSSR count). The van der Waals surface area contributed by atoms with Gasteiger partial charge < -0.3 is 14.0 Å². The van der Waals surface area contributed by atoms with Crippen LogP contribution in [0.2, 0.25) is 0 Å². The lowest BCUT2D eigenvalue weighted by atomic mass is 10.0. The van der Waals surface area contributed by atoms with Gasteiger partial charge in [-0.1, -0.05) is 24.3 Å². The van der Waals surface area contributed by atoms with E-state index in [-0.39, 0.29) is 12.2 Å². The summed E-state index contributed by atoms with van der Waals surface area (Å²) in [7, 11) is 1.66. The molecule has 1 amide bonds. The maximum atomic E-state index is 12.0. The number of rotatable bonds is 8.